The number of ether oxygens (including phenoxy) is 2. The van der Waals surface area contributed by atoms with Gasteiger partial charge in [-0.25, -0.2) is 0 Å². The third-order valence-electron chi connectivity index (χ3n) is 2.90. The molecular weight excluding hydrogens is 486 g/mol. The molecule has 2 rings (SSSR count). The second-order valence-electron chi connectivity index (χ2n) is 5.08. The molecule has 1 saturated heterocycles. The SMILES string of the molecule is CC1=[C-]CC(C)CO1.CC1COC(C)[C-](F)C1.[Y].[Y].[Y]. The molecule has 109 valence electrons. The second kappa shape index (κ2) is 15.3. The molecular formula is C14H23FO2Y3-2. The van der Waals surface area contributed by atoms with E-state index >= 15 is 0 Å². The van der Waals surface area contributed by atoms with Crippen molar-refractivity contribution in [1.82, 2.24) is 0 Å². The van der Waals surface area contributed by atoms with Crippen LogP contribution in [0.3, 0.4) is 0 Å². The van der Waals surface area contributed by atoms with E-state index in [0.717, 1.165) is 18.8 Å². The Morgan fingerprint density at radius 3 is 2.05 bits per heavy atom. The van der Waals surface area contributed by atoms with Gasteiger partial charge in [0.2, 0.25) is 0 Å². The summed E-state index contributed by atoms with van der Waals surface area (Å²) in [4.78, 5) is 0. The van der Waals surface area contributed by atoms with Crippen LogP contribution in [0.15, 0.2) is 5.76 Å². The molecule has 0 saturated carbocycles. The number of hydrogen-bond donors (Lipinski definition) is 0. The number of halogens is 1. The van der Waals surface area contributed by atoms with E-state index in [-0.39, 0.29) is 110 Å². The van der Waals surface area contributed by atoms with Crippen LogP contribution in [-0.2, 0) is 108 Å². The van der Waals surface area contributed by atoms with Crippen molar-refractivity contribution in [1.29, 1.82) is 0 Å². The maximum atomic E-state index is 12.6. The molecule has 2 heterocycles. The van der Waals surface area contributed by atoms with Crippen molar-refractivity contribution in [2.45, 2.75) is 46.6 Å². The Hall–Kier alpha value is 2.74. The van der Waals surface area contributed by atoms with Crippen molar-refractivity contribution < 1.29 is 112 Å². The molecule has 1 fully saturated rings. The van der Waals surface area contributed by atoms with Gasteiger partial charge < -0.3 is 19.9 Å². The third kappa shape index (κ3) is 12.2. The van der Waals surface area contributed by atoms with Gasteiger partial charge in [-0.15, -0.1) is 12.6 Å². The van der Waals surface area contributed by atoms with Gasteiger partial charge in [0.25, 0.3) is 0 Å². The number of hydrogen-bond acceptors (Lipinski definition) is 2. The van der Waals surface area contributed by atoms with Gasteiger partial charge in [-0.05, 0) is 24.9 Å². The van der Waals surface area contributed by atoms with Crippen molar-refractivity contribution in [3.63, 3.8) is 0 Å². The number of rotatable bonds is 0. The summed E-state index contributed by atoms with van der Waals surface area (Å²) in [6.45, 7) is 9.44. The Kier molecular flexibility index (Phi) is 21.1. The standard InChI is InChI=1S/C7H12FO.C7H11O.3Y/c1-5-3-7(8)6(2)9-4-5;1-6-3-4-7(2)8-5-6;;;/h5-6H,3-4H2,1-2H3;6H,3,5H2,1-2H3;;;/q2*-1;;;. The molecule has 0 N–H and O–H groups in total. The average Bonchev–Trinajstić information content (AvgIpc) is 2.29. The summed E-state index contributed by atoms with van der Waals surface area (Å²) in [5, 5.41) is 0. The van der Waals surface area contributed by atoms with Crippen LogP contribution in [0.5, 0.6) is 0 Å². The van der Waals surface area contributed by atoms with Gasteiger partial charge in [0.05, 0.1) is 6.61 Å². The molecule has 0 bridgehead atoms. The molecule has 0 spiro atoms. The summed E-state index contributed by atoms with van der Waals surface area (Å²) in [5.74, 6) is 1.99. The molecule has 0 aliphatic carbocycles. The molecule has 2 aliphatic rings. The average molecular weight is 509 g/mol. The summed E-state index contributed by atoms with van der Waals surface area (Å²) < 4.78 is 22.9. The molecule has 2 nitrogen and oxygen atoms in total. The van der Waals surface area contributed by atoms with Crippen LogP contribution in [0.2, 0.25) is 0 Å². The van der Waals surface area contributed by atoms with Crippen LogP contribution in [-0.4, -0.2) is 19.3 Å². The van der Waals surface area contributed by atoms with E-state index in [1.165, 1.54) is 0 Å². The van der Waals surface area contributed by atoms with E-state index in [1.807, 2.05) is 13.8 Å². The first-order valence-corrected chi connectivity index (χ1v) is 6.32. The fraction of sp³-hybridized carbons (Fsp3) is 0.786. The molecule has 20 heavy (non-hydrogen) atoms. The maximum absolute atomic E-state index is 12.6. The van der Waals surface area contributed by atoms with E-state index in [9.17, 15) is 4.39 Å². The minimum Gasteiger partial charge on any atom is -0.535 e. The van der Waals surface area contributed by atoms with Gasteiger partial charge >= 0.3 is 0 Å². The van der Waals surface area contributed by atoms with E-state index in [4.69, 9.17) is 9.47 Å². The van der Waals surface area contributed by atoms with Crippen LogP contribution in [0, 0.1) is 24.1 Å². The Morgan fingerprint density at radius 2 is 1.70 bits per heavy atom. The minimum absolute atomic E-state index is 0. The molecule has 0 aromatic rings. The van der Waals surface area contributed by atoms with Crippen molar-refractivity contribution in [3.8, 4) is 0 Å². The molecule has 2 aliphatic heterocycles. The minimum atomic E-state index is -0.263. The fourth-order valence-corrected chi connectivity index (χ4v) is 1.65. The zero-order chi connectivity index (χ0) is 12.8. The Balaban J connectivity index is -0.000000252. The Labute approximate surface area is 198 Å². The summed E-state index contributed by atoms with van der Waals surface area (Å²) in [7, 11) is 0. The predicted octanol–water partition coefficient (Wildman–Crippen LogP) is 3.68. The maximum Gasteiger partial charge on any atom is 0.0836 e. The molecule has 0 amide bonds. The van der Waals surface area contributed by atoms with E-state index in [1.54, 1.807) is 6.92 Å². The van der Waals surface area contributed by atoms with Crippen molar-refractivity contribution in [3.05, 3.63) is 18.0 Å². The van der Waals surface area contributed by atoms with E-state index in [0.29, 0.717) is 24.9 Å². The fourth-order valence-electron chi connectivity index (χ4n) is 1.65. The summed E-state index contributed by atoms with van der Waals surface area (Å²) in [5.41, 5.74) is 0. The molecule has 0 aromatic carbocycles. The van der Waals surface area contributed by atoms with E-state index in [2.05, 4.69) is 13.0 Å². The smallest absolute Gasteiger partial charge is 0.0836 e. The van der Waals surface area contributed by atoms with Gasteiger partial charge in [-0.3, -0.25) is 0 Å². The van der Waals surface area contributed by atoms with Crippen LogP contribution < -0.4 is 0 Å². The van der Waals surface area contributed by atoms with Gasteiger partial charge in [0, 0.05) is 105 Å². The van der Waals surface area contributed by atoms with Crippen molar-refractivity contribution in [2.24, 2.45) is 11.8 Å². The third-order valence-corrected chi connectivity index (χ3v) is 2.90. The summed E-state index contributed by atoms with van der Waals surface area (Å²) in [6.07, 6.45) is 4.50. The first-order chi connectivity index (χ1) is 7.99. The largest absolute Gasteiger partial charge is 0.535 e. The Morgan fingerprint density at radius 1 is 1.10 bits per heavy atom. The zero-order valence-electron chi connectivity index (χ0n) is 13.0. The van der Waals surface area contributed by atoms with Crippen molar-refractivity contribution in [2.75, 3.05) is 13.2 Å². The molecule has 6 heteroatoms. The van der Waals surface area contributed by atoms with Gasteiger partial charge in [-0.2, -0.15) is 6.42 Å². The Bertz CT molecular complexity index is 265. The monoisotopic (exact) mass is 509 g/mol. The molecule has 3 unspecified atom stereocenters. The van der Waals surface area contributed by atoms with Crippen molar-refractivity contribution >= 4 is 0 Å². The quantitative estimate of drug-likeness (QED) is 0.465. The predicted molar refractivity (Wildman–Crippen MR) is 65.7 cm³/mol. The summed E-state index contributed by atoms with van der Waals surface area (Å²) >= 11 is 0. The van der Waals surface area contributed by atoms with E-state index < -0.39 is 0 Å². The first-order valence-electron chi connectivity index (χ1n) is 6.32. The van der Waals surface area contributed by atoms with Crippen LogP contribution >= 0.6 is 0 Å². The summed E-state index contributed by atoms with van der Waals surface area (Å²) in [6, 6.07) is 0. The van der Waals surface area contributed by atoms with Crippen LogP contribution in [0.25, 0.3) is 0 Å². The normalized spacial score (nSPS) is 29.1. The van der Waals surface area contributed by atoms with Gasteiger partial charge in [0.1, 0.15) is 0 Å². The van der Waals surface area contributed by atoms with Crippen LogP contribution in [0.1, 0.15) is 40.5 Å². The van der Waals surface area contributed by atoms with Gasteiger partial charge in [-0.1, -0.05) is 26.5 Å². The van der Waals surface area contributed by atoms with Crippen LogP contribution in [0.4, 0.5) is 4.39 Å². The molecule has 0 aromatic heterocycles. The molecule has 3 radical (unpaired) electrons. The second-order valence-corrected chi connectivity index (χ2v) is 5.08. The molecule has 3 atom stereocenters. The topological polar surface area (TPSA) is 18.5 Å². The zero-order valence-corrected chi connectivity index (χ0v) is 21.5. The van der Waals surface area contributed by atoms with Gasteiger partial charge in [0.15, 0.2) is 0 Å². The number of allylic oxidation sites excluding steroid dienone is 2. The first kappa shape index (κ1) is 27.6.